The maximum absolute atomic E-state index is 8.30. The Labute approximate surface area is 116 Å². The fraction of sp³-hybridized carbons (Fsp3) is 0. The molecule has 4 heteroatoms. The summed E-state index contributed by atoms with van der Waals surface area (Å²) >= 11 is 0. The van der Waals surface area contributed by atoms with E-state index in [1.807, 2.05) is 42.5 Å². The monoisotopic (exact) mass is 263 g/mol. The number of nitrogens with two attached hydrogens (primary N) is 1. The van der Waals surface area contributed by atoms with Crippen molar-refractivity contribution in [2.75, 3.05) is 5.73 Å². The molecule has 0 aliphatic carbocycles. The quantitative estimate of drug-likeness (QED) is 0.711. The Morgan fingerprint density at radius 1 is 1.15 bits per heavy atom. The van der Waals surface area contributed by atoms with E-state index < -0.39 is 0 Å². The van der Waals surface area contributed by atoms with Crippen LogP contribution in [0.4, 0.5) is 5.69 Å². The van der Waals surface area contributed by atoms with E-state index in [0.29, 0.717) is 17.0 Å². The van der Waals surface area contributed by atoms with Crippen LogP contribution in [-0.4, -0.2) is 10.7 Å². The Balaban J connectivity index is 2.05. The van der Waals surface area contributed by atoms with Crippen molar-refractivity contribution in [2.24, 2.45) is 0 Å². The van der Waals surface area contributed by atoms with Crippen molar-refractivity contribution in [3.63, 3.8) is 0 Å². The molecular weight excluding hydrogens is 250 g/mol. The molecule has 4 nitrogen and oxygen atoms in total. The molecule has 2 heterocycles. The minimum Gasteiger partial charge on any atom is -0.472 e. The zero-order valence-corrected chi connectivity index (χ0v) is 10.7. The SMILES string of the molecule is N=C(c1ccccc1)c1cc(-c2ccoc2)ncc1N. The summed E-state index contributed by atoms with van der Waals surface area (Å²) in [4.78, 5) is 4.28. The Morgan fingerprint density at radius 3 is 2.65 bits per heavy atom. The second-order valence-corrected chi connectivity index (χ2v) is 4.41. The molecule has 2 aromatic heterocycles. The molecule has 0 saturated carbocycles. The number of anilines is 1. The van der Waals surface area contributed by atoms with Crippen LogP contribution >= 0.6 is 0 Å². The first kappa shape index (κ1) is 12.2. The van der Waals surface area contributed by atoms with Crippen molar-refractivity contribution in [3.8, 4) is 11.3 Å². The number of aromatic nitrogens is 1. The van der Waals surface area contributed by atoms with Crippen molar-refractivity contribution >= 4 is 11.4 Å². The molecule has 20 heavy (non-hydrogen) atoms. The minimum atomic E-state index is 0.384. The van der Waals surface area contributed by atoms with Crippen LogP contribution in [0.5, 0.6) is 0 Å². The van der Waals surface area contributed by atoms with Gasteiger partial charge in [-0.2, -0.15) is 0 Å². The highest BCUT2D eigenvalue weighted by Gasteiger charge is 2.11. The lowest BCUT2D eigenvalue weighted by Crippen LogP contribution is -2.06. The van der Waals surface area contributed by atoms with Gasteiger partial charge < -0.3 is 10.2 Å². The number of furan rings is 1. The molecule has 0 unspecified atom stereocenters. The molecule has 0 radical (unpaired) electrons. The van der Waals surface area contributed by atoms with Gasteiger partial charge in [0.1, 0.15) is 0 Å². The van der Waals surface area contributed by atoms with Crippen LogP contribution in [0.15, 0.2) is 65.6 Å². The van der Waals surface area contributed by atoms with Gasteiger partial charge in [-0.25, -0.2) is 0 Å². The fourth-order valence-corrected chi connectivity index (χ4v) is 2.01. The number of rotatable bonds is 3. The Hall–Kier alpha value is -2.88. The molecule has 0 aliphatic heterocycles. The standard InChI is InChI=1S/C16H13N3O/c17-14-9-19-15(12-6-7-20-10-12)8-13(14)16(18)11-4-2-1-3-5-11/h1-10,18H,17H2. The second-order valence-electron chi connectivity index (χ2n) is 4.41. The van der Waals surface area contributed by atoms with Crippen molar-refractivity contribution in [1.82, 2.24) is 4.98 Å². The number of hydrogen-bond donors (Lipinski definition) is 2. The van der Waals surface area contributed by atoms with Crippen LogP contribution in [0.3, 0.4) is 0 Å². The van der Waals surface area contributed by atoms with E-state index in [-0.39, 0.29) is 0 Å². The van der Waals surface area contributed by atoms with Gasteiger partial charge in [-0.3, -0.25) is 10.4 Å². The molecule has 3 aromatic rings. The van der Waals surface area contributed by atoms with E-state index in [1.54, 1.807) is 18.7 Å². The smallest absolute Gasteiger partial charge is 0.0996 e. The largest absolute Gasteiger partial charge is 0.472 e. The molecule has 0 fully saturated rings. The van der Waals surface area contributed by atoms with Crippen molar-refractivity contribution < 1.29 is 4.42 Å². The van der Waals surface area contributed by atoms with Crippen molar-refractivity contribution in [3.05, 3.63) is 72.3 Å². The number of benzene rings is 1. The number of nitrogens with zero attached hydrogens (tertiary/aromatic N) is 1. The third-order valence-electron chi connectivity index (χ3n) is 3.08. The lowest BCUT2D eigenvalue weighted by molar-refractivity contribution is 0.568. The summed E-state index contributed by atoms with van der Waals surface area (Å²) in [5.74, 6) is 0. The van der Waals surface area contributed by atoms with E-state index >= 15 is 0 Å². The zero-order chi connectivity index (χ0) is 13.9. The Kier molecular flexibility index (Phi) is 3.05. The first-order valence-corrected chi connectivity index (χ1v) is 6.18. The molecule has 0 bridgehead atoms. The van der Waals surface area contributed by atoms with Crippen LogP contribution in [0, 0.1) is 5.41 Å². The second kappa shape index (κ2) is 5.01. The van der Waals surface area contributed by atoms with E-state index in [9.17, 15) is 0 Å². The van der Waals surface area contributed by atoms with E-state index in [1.165, 1.54) is 0 Å². The van der Waals surface area contributed by atoms with Gasteiger partial charge in [0.2, 0.25) is 0 Å². The molecule has 3 rings (SSSR count). The maximum Gasteiger partial charge on any atom is 0.0996 e. The van der Waals surface area contributed by atoms with Crippen LogP contribution in [0.25, 0.3) is 11.3 Å². The van der Waals surface area contributed by atoms with Gasteiger partial charge in [-0.05, 0) is 12.1 Å². The summed E-state index contributed by atoms with van der Waals surface area (Å²) in [5, 5.41) is 8.30. The number of nitrogen functional groups attached to an aromatic ring is 1. The predicted molar refractivity (Wildman–Crippen MR) is 78.7 cm³/mol. The highest BCUT2D eigenvalue weighted by Crippen LogP contribution is 2.23. The number of nitrogens with one attached hydrogen (secondary N) is 1. The number of hydrogen-bond acceptors (Lipinski definition) is 4. The lowest BCUT2D eigenvalue weighted by atomic mass is 10.0. The first-order valence-electron chi connectivity index (χ1n) is 6.18. The first-order chi connectivity index (χ1) is 9.75. The molecule has 98 valence electrons. The third-order valence-corrected chi connectivity index (χ3v) is 3.08. The van der Waals surface area contributed by atoms with E-state index in [2.05, 4.69) is 4.98 Å². The molecule has 1 aromatic carbocycles. The highest BCUT2D eigenvalue weighted by atomic mass is 16.3. The lowest BCUT2D eigenvalue weighted by Gasteiger charge is -2.09. The normalized spacial score (nSPS) is 10.4. The van der Waals surface area contributed by atoms with E-state index in [4.69, 9.17) is 15.6 Å². The molecule has 0 aliphatic rings. The predicted octanol–water partition coefficient (Wildman–Crippen LogP) is 3.34. The fourth-order valence-electron chi connectivity index (χ4n) is 2.01. The zero-order valence-electron chi connectivity index (χ0n) is 10.7. The summed E-state index contributed by atoms with van der Waals surface area (Å²) in [6.07, 6.45) is 4.79. The summed E-state index contributed by atoms with van der Waals surface area (Å²) in [7, 11) is 0. The van der Waals surface area contributed by atoms with Gasteiger partial charge >= 0.3 is 0 Å². The molecule has 3 N–H and O–H groups in total. The van der Waals surface area contributed by atoms with Crippen LogP contribution in [-0.2, 0) is 0 Å². The maximum atomic E-state index is 8.30. The van der Waals surface area contributed by atoms with Gasteiger partial charge in [0.15, 0.2) is 0 Å². The van der Waals surface area contributed by atoms with Crippen molar-refractivity contribution in [1.29, 1.82) is 5.41 Å². The summed E-state index contributed by atoms with van der Waals surface area (Å²) in [6.45, 7) is 0. The topological polar surface area (TPSA) is 75.9 Å². The molecular formula is C16H13N3O. The highest BCUT2D eigenvalue weighted by molar-refractivity contribution is 6.14. The minimum absolute atomic E-state index is 0.384. The summed E-state index contributed by atoms with van der Waals surface area (Å²) in [6, 6.07) is 13.1. The summed E-state index contributed by atoms with van der Waals surface area (Å²) in [5.41, 5.74) is 9.93. The van der Waals surface area contributed by atoms with Gasteiger partial charge in [-0.1, -0.05) is 30.3 Å². The Bertz CT molecular complexity index is 734. The van der Waals surface area contributed by atoms with E-state index in [0.717, 1.165) is 16.8 Å². The summed E-state index contributed by atoms with van der Waals surface area (Å²) < 4.78 is 5.06. The number of pyridine rings is 1. The third kappa shape index (κ3) is 2.19. The van der Waals surface area contributed by atoms with Crippen molar-refractivity contribution in [2.45, 2.75) is 0 Å². The van der Waals surface area contributed by atoms with Gasteiger partial charge in [0.25, 0.3) is 0 Å². The van der Waals surface area contributed by atoms with Crippen LogP contribution in [0.2, 0.25) is 0 Å². The molecule has 0 spiro atoms. The molecule has 0 amide bonds. The molecule has 0 saturated heterocycles. The average Bonchev–Trinajstić information content (AvgIpc) is 3.02. The average molecular weight is 263 g/mol. The van der Waals surface area contributed by atoms with Gasteiger partial charge in [-0.15, -0.1) is 0 Å². The van der Waals surface area contributed by atoms with Crippen LogP contribution < -0.4 is 5.73 Å². The van der Waals surface area contributed by atoms with Crippen LogP contribution in [0.1, 0.15) is 11.1 Å². The Morgan fingerprint density at radius 2 is 1.95 bits per heavy atom. The van der Waals surface area contributed by atoms with Gasteiger partial charge in [0.05, 0.1) is 35.8 Å². The molecule has 0 atom stereocenters. The van der Waals surface area contributed by atoms with Gasteiger partial charge in [0, 0.05) is 16.7 Å².